The molecule has 2 aromatic rings. The standard InChI is InChI=1S/C19H21FN2O/c1-13(2)22-18-10-15(7-8-17(18)20)19(23-12-14-5-6-14)16-4-3-9-21-11-16/h3-4,7-11,14,19,22H,1,5-6,12H2,2H3. The molecule has 1 aliphatic carbocycles. The molecule has 120 valence electrons. The second kappa shape index (κ2) is 6.92. The molecular weight excluding hydrogens is 291 g/mol. The number of ether oxygens (including phenoxy) is 1. The number of allylic oxidation sites excluding steroid dienone is 1. The minimum Gasteiger partial charge on any atom is -0.368 e. The van der Waals surface area contributed by atoms with Gasteiger partial charge < -0.3 is 10.1 Å². The van der Waals surface area contributed by atoms with Gasteiger partial charge in [0.15, 0.2) is 0 Å². The van der Waals surface area contributed by atoms with Gasteiger partial charge in [0.25, 0.3) is 0 Å². The molecule has 0 spiro atoms. The summed E-state index contributed by atoms with van der Waals surface area (Å²) in [6.07, 6.45) is 5.75. The normalized spacial score (nSPS) is 15.2. The lowest BCUT2D eigenvalue weighted by molar-refractivity contribution is 0.0716. The Bertz CT molecular complexity index is 683. The molecule has 3 nitrogen and oxygen atoms in total. The summed E-state index contributed by atoms with van der Waals surface area (Å²) < 4.78 is 20.1. The summed E-state index contributed by atoms with van der Waals surface area (Å²) in [6.45, 7) is 6.30. The van der Waals surface area contributed by atoms with Crippen LogP contribution < -0.4 is 5.32 Å². The first-order valence-corrected chi connectivity index (χ1v) is 7.87. The van der Waals surface area contributed by atoms with Gasteiger partial charge in [-0.05, 0) is 49.4 Å². The van der Waals surface area contributed by atoms with Crippen molar-refractivity contribution in [2.24, 2.45) is 5.92 Å². The molecule has 23 heavy (non-hydrogen) atoms. The van der Waals surface area contributed by atoms with Crippen LogP contribution in [-0.4, -0.2) is 11.6 Å². The second-order valence-corrected chi connectivity index (χ2v) is 6.09. The van der Waals surface area contributed by atoms with E-state index < -0.39 is 0 Å². The van der Waals surface area contributed by atoms with Gasteiger partial charge in [-0.2, -0.15) is 0 Å². The van der Waals surface area contributed by atoms with Crippen LogP contribution in [0.1, 0.15) is 37.0 Å². The highest BCUT2D eigenvalue weighted by molar-refractivity contribution is 5.52. The Balaban J connectivity index is 1.90. The maximum absolute atomic E-state index is 14.0. The topological polar surface area (TPSA) is 34.1 Å². The zero-order valence-corrected chi connectivity index (χ0v) is 13.3. The fourth-order valence-corrected chi connectivity index (χ4v) is 2.46. The van der Waals surface area contributed by atoms with Crippen molar-refractivity contribution >= 4 is 5.69 Å². The van der Waals surface area contributed by atoms with Crippen molar-refractivity contribution in [1.29, 1.82) is 0 Å². The lowest BCUT2D eigenvalue weighted by Crippen LogP contribution is -2.10. The number of aromatic nitrogens is 1. The molecule has 0 radical (unpaired) electrons. The Morgan fingerprint density at radius 3 is 2.87 bits per heavy atom. The van der Waals surface area contributed by atoms with Crippen molar-refractivity contribution in [2.75, 3.05) is 11.9 Å². The number of halogens is 1. The van der Waals surface area contributed by atoms with Crippen LogP contribution in [0.2, 0.25) is 0 Å². The lowest BCUT2D eigenvalue weighted by Gasteiger charge is -2.20. The van der Waals surface area contributed by atoms with E-state index in [4.69, 9.17) is 4.74 Å². The van der Waals surface area contributed by atoms with Crippen molar-refractivity contribution in [2.45, 2.75) is 25.9 Å². The summed E-state index contributed by atoms with van der Waals surface area (Å²) in [4.78, 5) is 4.18. The number of nitrogens with one attached hydrogen (secondary N) is 1. The third kappa shape index (κ3) is 4.17. The monoisotopic (exact) mass is 312 g/mol. The molecule has 3 rings (SSSR count). The van der Waals surface area contributed by atoms with Gasteiger partial charge >= 0.3 is 0 Å². The van der Waals surface area contributed by atoms with E-state index >= 15 is 0 Å². The molecule has 1 N–H and O–H groups in total. The van der Waals surface area contributed by atoms with Crippen LogP contribution in [0.15, 0.2) is 55.0 Å². The Hall–Kier alpha value is -2.20. The van der Waals surface area contributed by atoms with E-state index in [0.29, 0.717) is 17.3 Å². The molecule has 0 bridgehead atoms. The number of hydrogen-bond donors (Lipinski definition) is 1. The van der Waals surface area contributed by atoms with Crippen molar-refractivity contribution in [1.82, 2.24) is 4.98 Å². The third-order valence-corrected chi connectivity index (χ3v) is 3.82. The van der Waals surface area contributed by atoms with Gasteiger partial charge in [0.05, 0.1) is 12.3 Å². The number of benzene rings is 1. The first-order chi connectivity index (χ1) is 11.1. The zero-order valence-electron chi connectivity index (χ0n) is 13.3. The summed E-state index contributed by atoms with van der Waals surface area (Å²) in [7, 11) is 0. The minimum atomic E-state index is -0.302. The highest BCUT2D eigenvalue weighted by atomic mass is 19.1. The molecule has 1 unspecified atom stereocenters. The molecule has 0 aliphatic heterocycles. The van der Waals surface area contributed by atoms with Gasteiger partial charge in [0.1, 0.15) is 11.9 Å². The predicted molar refractivity (Wildman–Crippen MR) is 89.6 cm³/mol. The smallest absolute Gasteiger partial charge is 0.146 e. The SMILES string of the molecule is C=C(C)Nc1cc(C(OCC2CC2)c2cccnc2)ccc1F. The van der Waals surface area contributed by atoms with E-state index in [1.165, 1.54) is 18.9 Å². The Kier molecular flexibility index (Phi) is 4.72. The van der Waals surface area contributed by atoms with Crippen LogP contribution in [0, 0.1) is 11.7 Å². The molecule has 1 heterocycles. The van der Waals surface area contributed by atoms with Crippen LogP contribution in [0.3, 0.4) is 0 Å². The molecule has 1 saturated carbocycles. The summed E-state index contributed by atoms with van der Waals surface area (Å²) >= 11 is 0. The van der Waals surface area contributed by atoms with Crippen molar-refractivity contribution in [3.63, 3.8) is 0 Å². The van der Waals surface area contributed by atoms with E-state index in [-0.39, 0.29) is 11.9 Å². The van der Waals surface area contributed by atoms with Gasteiger partial charge in [-0.3, -0.25) is 4.98 Å². The molecule has 1 aromatic heterocycles. The van der Waals surface area contributed by atoms with E-state index in [1.807, 2.05) is 12.1 Å². The summed E-state index contributed by atoms with van der Waals surface area (Å²) in [5, 5.41) is 2.96. The molecule has 1 fully saturated rings. The van der Waals surface area contributed by atoms with Crippen LogP contribution in [0.5, 0.6) is 0 Å². The van der Waals surface area contributed by atoms with Crippen LogP contribution in [0.25, 0.3) is 0 Å². The molecule has 1 atom stereocenters. The summed E-state index contributed by atoms with van der Waals surface area (Å²) in [5.41, 5.74) is 2.99. The quantitative estimate of drug-likeness (QED) is 0.806. The fourth-order valence-electron chi connectivity index (χ4n) is 2.46. The summed E-state index contributed by atoms with van der Waals surface area (Å²) in [5.74, 6) is 0.353. The largest absolute Gasteiger partial charge is 0.368 e. The number of rotatable bonds is 7. The van der Waals surface area contributed by atoms with E-state index in [0.717, 1.165) is 17.7 Å². The highest BCUT2D eigenvalue weighted by Gasteiger charge is 2.25. The average molecular weight is 312 g/mol. The molecule has 1 aliphatic rings. The number of pyridine rings is 1. The zero-order chi connectivity index (χ0) is 16.2. The van der Waals surface area contributed by atoms with Crippen molar-refractivity contribution in [3.05, 3.63) is 71.9 Å². The van der Waals surface area contributed by atoms with E-state index in [2.05, 4.69) is 16.9 Å². The summed E-state index contributed by atoms with van der Waals surface area (Å²) in [6, 6.07) is 8.89. The number of nitrogens with zero attached hydrogens (tertiary/aromatic N) is 1. The first kappa shape index (κ1) is 15.7. The Labute approximate surface area is 136 Å². The van der Waals surface area contributed by atoms with Crippen molar-refractivity contribution in [3.8, 4) is 0 Å². The second-order valence-electron chi connectivity index (χ2n) is 6.09. The van der Waals surface area contributed by atoms with E-state index in [1.54, 1.807) is 31.5 Å². The van der Waals surface area contributed by atoms with Gasteiger partial charge in [0, 0.05) is 23.7 Å². The molecular formula is C19H21FN2O. The Morgan fingerprint density at radius 1 is 1.39 bits per heavy atom. The van der Waals surface area contributed by atoms with Crippen LogP contribution >= 0.6 is 0 Å². The maximum atomic E-state index is 14.0. The molecule has 0 saturated heterocycles. The predicted octanol–water partition coefficient (Wildman–Crippen LogP) is 4.68. The minimum absolute atomic E-state index is 0.240. The Morgan fingerprint density at radius 2 is 2.22 bits per heavy atom. The third-order valence-electron chi connectivity index (χ3n) is 3.82. The lowest BCUT2D eigenvalue weighted by atomic mass is 10.0. The maximum Gasteiger partial charge on any atom is 0.146 e. The van der Waals surface area contributed by atoms with Gasteiger partial charge in [-0.25, -0.2) is 4.39 Å². The fraction of sp³-hybridized carbons (Fsp3) is 0.316. The van der Waals surface area contributed by atoms with Gasteiger partial charge in [-0.1, -0.05) is 18.7 Å². The first-order valence-electron chi connectivity index (χ1n) is 7.87. The number of anilines is 1. The van der Waals surface area contributed by atoms with Gasteiger partial charge in [0.2, 0.25) is 0 Å². The van der Waals surface area contributed by atoms with Crippen molar-refractivity contribution < 1.29 is 9.13 Å². The highest BCUT2D eigenvalue weighted by Crippen LogP contribution is 2.34. The molecule has 1 aromatic carbocycles. The number of hydrogen-bond acceptors (Lipinski definition) is 3. The van der Waals surface area contributed by atoms with E-state index in [9.17, 15) is 4.39 Å². The average Bonchev–Trinajstić information content (AvgIpc) is 3.35. The van der Waals surface area contributed by atoms with Gasteiger partial charge in [-0.15, -0.1) is 0 Å². The van der Waals surface area contributed by atoms with Crippen LogP contribution in [0.4, 0.5) is 10.1 Å². The molecule has 0 amide bonds. The molecule has 4 heteroatoms. The van der Waals surface area contributed by atoms with Crippen LogP contribution in [-0.2, 0) is 4.74 Å².